The second-order valence-electron chi connectivity index (χ2n) is 5.70. The molecule has 4 heteroatoms. The summed E-state index contributed by atoms with van der Waals surface area (Å²) in [6.07, 6.45) is 3.74. The number of hydrogen-bond acceptors (Lipinski definition) is 3. The molecule has 0 bridgehead atoms. The lowest BCUT2D eigenvalue weighted by Crippen LogP contribution is -2.31. The molecule has 2 aliphatic rings. The van der Waals surface area contributed by atoms with E-state index in [0.717, 1.165) is 32.2 Å². The zero-order valence-corrected chi connectivity index (χ0v) is 10.4. The molecule has 0 aromatic rings. The van der Waals surface area contributed by atoms with Crippen molar-refractivity contribution in [3.63, 3.8) is 0 Å². The molecule has 0 aliphatic carbocycles. The highest BCUT2D eigenvalue weighted by Crippen LogP contribution is 2.32. The van der Waals surface area contributed by atoms with Crippen LogP contribution in [0.4, 0.5) is 0 Å². The van der Waals surface area contributed by atoms with E-state index in [1.807, 2.05) is 0 Å². The largest absolute Gasteiger partial charge is 0.312 e. The number of rotatable bonds is 2. The molecular weight excluding hydrogens is 210 g/mol. The van der Waals surface area contributed by atoms with Crippen molar-refractivity contribution in [1.82, 2.24) is 5.32 Å². The SMILES string of the molecule is CC1(C)CC(CC2CCCS2(=O)=O)CN1. The molecule has 1 N–H and O–H groups in total. The van der Waals surface area contributed by atoms with E-state index in [2.05, 4.69) is 19.2 Å². The first kappa shape index (κ1) is 11.4. The van der Waals surface area contributed by atoms with Crippen LogP contribution in [0.25, 0.3) is 0 Å². The molecule has 3 nitrogen and oxygen atoms in total. The average Bonchev–Trinajstić information content (AvgIpc) is 2.57. The second kappa shape index (κ2) is 3.74. The molecule has 0 radical (unpaired) electrons. The monoisotopic (exact) mass is 231 g/mol. The van der Waals surface area contributed by atoms with Crippen LogP contribution in [0.1, 0.15) is 39.5 Å². The van der Waals surface area contributed by atoms with Gasteiger partial charge in [-0.25, -0.2) is 8.42 Å². The average molecular weight is 231 g/mol. The zero-order valence-electron chi connectivity index (χ0n) is 9.62. The molecule has 88 valence electrons. The normalized spacial score (nSPS) is 38.3. The molecule has 2 fully saturated rings. The molecule has 2 atom stereocenters. The van der Waals surface area contributed by atoms with Gasteiger partial charge in [0.15, 0.2) is 9.84 Å². The Morgan fingerprint density at radius 3 is 2.60 bits per heavy atom. The zero-order chi connectivity index (χ0) is 11.1. The summed E-state index contributed by atoms with van der Waals surface area (Å²) in [5, 5.41) is 3.41. The van der Waals surface area contributed by atoms with Gasteiger partial charge in [0, 0.05) is 5.54 Å². The molecule has 15 heavy (non-hydrogen) atoms. The Balaban J connectivity index is 1.94. The smallest absolute Gasteiger partial charge is 0.153 e. The fraction of sp³-hybridized carbons (Fsp3) is 1.00. The van der Waals surface area contributed by atoms with Crippen LogP contribution < -0.4 is 5.32 Å². The molecular formula is C11H21NO2S. The summed E-state index contributed by atoms with van der Waals surface area (Å²) in [5.74, 6) is 0.971. The minimum Gasteiger partial charge on any atom is -0.312 e. The van der Waals surface area contributed by atoms with Gasteiger partial charge in [-0.15, -0.1) is 0 Å². The third-order valence-electron chi connectivity index (χ3n) is 3.73. The van der Waals surface area contributed by atoms with Crippen LogP contribution in [0.3, 0.4) is 0 Å². The molecule has 2 saturated heterocycles. The Hall–Kier alpha value is -0.0900. The van der Waals surface area contributed by atoms with Gasteiger partial charge >= 0.3 is 0 Å². The lowest BCUT2D eigenvalue weighted by molar-refractivity contribution is 0.426. The summed E-state index contributed by atoms with van der Waals surface area (Å²) in [6.45, 7) is 5.37. The van der Waals surface area contributed by atoms with Crippen LogP contribution in [0, 0.1) is 5.92 Å². The molecule has 0 aromatic heterocycles. The third kappa shape index (κ3) is 2.53. The lowest BCUT2D eigenvalue weighted by Gasteiger charge is -2.18. The highest BCUT2D eigenvalue weighted by molar-refractivity contribution is 7.92. The summed E-state index contributed by atoms with van der Waals surface area (Å²) < 4.78 is 23.4. The fourth-order valence-corrected chi connectivity index (χ4v) is 4.94. The van der Waals surface area contributed by atoms with Gasteiger partial charge in [-0.2, -0.15) is 0 Å². The maximum Gasteiger partial charge on any atom is 0.153 e. The van der Waals surface area contributed by atoms with E-state index in [1.54, 1.807) is 0 Å². The van der Waals surface area contributed by atoms with Crippen molar-refractivity contribution in [3.8, 4) is 0 Å². The van der Waals surface area contributed by atoms with Gasteiger partial charge in [0.2, 0.25) is 0 Å². The molecule has 0 aromatic carbocycles. The maximum atomic E-state index is 11.7. The minimum atomic E-state index is -2.74. The van der Waals surface area contributed by atoms with Crippen LogP contribution in [0.5, 0.6) is 0 Å². The van der Waals surface area contributed by atoms with Gasteiger partial charge in [-0.1, -0.05) is 0 Å². The number of hydrogen-bond donors (Lipinski definition) is 1. The Morgan fingerprint density at radius 2 is 2.13 bits per heavy atom. The Morgan fingerprint density at radius 1 is 1.40 bits per heavy atom. The van der Waals surface area contributed by atoms with Gasteiger partial charge in [-0.3, -0.25) is 0 Å². The summed E-state index contributed by atoms with van der Waals surface area (Å²) in [4.78, 5) is 0. The van der Waals surface area contributed by atoms with Crippen molar-refractivity contribution in [3.05, 3.63) is 0 Å². The molecule has 0 spiro atoms. The quantitative estimate of drug-likeness (QED) is 0.780. The van der Waals surface area contributed by atoms with Crippen molar-refractivity contribution in [1.29, 1.82) is 0 Å². The first-order valence-electron chi connectivity index (χ1n) is 5.86. The van der Waals surface area contributed by atoms with Gasteiger partial charge in [0.1, 0.15) is 0 Å². The van der Waals surface area contributed by atoms with Crippen LogP contribution in [0.15, 0.2) is 0 Å². The van der Waals surface area contributed by atoms with Gasteiger partial charge in [0.25, 0.3) is 0 Å². The van der Waals surface area contributed by atoms with Gasteiger partial charge in [0.05, 0.1) is 11.0 Å². The molecule has 2 unspecified atom stereocenters. The topological polar surface area (TPSA) is 46.2 Å². The Bertz CT molecular complexity index is 334. The van der Waals surface area contributed by atoms with E-state index in [0.29, 0.717) is 11.7 Å². The summed E-state index contributed by atoms with van der Waals surface area (Å²) in [6, 6.07) is 0. The highest BCUT2D eigenvalue weighted by Gasteiger charge is 2.37. The van der Waals surface area contributed by atoms with E-state index >= 15 is 0 Å². The Labute approximate surface area is 92.6 Å². The summed E-state index contributed by atoms with van der Waals surface area (Å²) >= 11 is 0. The van der Waals surface area contributed by atoms with E-state index in [4.69, 9.17) is 0 Å². The highest BCUT2D eigenvalue weighted by atomic mass is 32.2. The summed E-state index contributed by atoms with van der Waals surface area (Å²) in [5.41, 5.74) is 0.201. The van der Waals surface area contributed by atoms with Crippen LogP contribution in [-0.2, 0) is 9.84 Å². The predicted octanol–water partition coefficient (Wildman–Crippen LogP) is 1.34. The lowest BCUT2D eigenvalue weighted by atomic mass is 9.93. The maximum absolute atomic E-state index is 11.7. The number of nitrogens with one attached hydrogen (secondary N) is 1. The van der Waals surface area contributed by atoms with Crippen molar-refractivity contribution >= 4 is 9.84 Å². The van der Waals surface area contributed by atoms with Crippen molar-refractivity contribution < 1.29 is 8.42 Å². The predicted molar refractivity (Wildman–Crippen MR) is 61.6 cm³/mol. The van der Waals surface area contributed by atoms with Gasteiger partial charge < -0.3 is 5.32 Å². The Kier molecular flexibility index (Phi) is 2.84. The van der Waals surface area contributed by atoms with Crippen molar-refractivity contribution in [2.75, 3.05) is 12.3 Å². The van der Waals surface area contributed by atoms with E-state index in [-0.39, 0.29) is 10.8 Å². The standard InChI is InChI=1S/C11H21NO2S/c1-11(2)7-9(8-12-11)6-10-4-3-5-15(10,13)14/h9-10,12H,3-8H2,1-2H3. The third-order valence-corrected chi connectivity index (χ3v) is 6.03. The van der Waals surface area contributed by atoms with Crippen molar-refractivity contribution in [2.24, 2.45) is 5.92 Å². The fourth-order valence-electron chi connectivity index (χ4n) is 2.95. The second-order valence-corrected chi connectivity index (χ2v) is 8.10. The van der Waals surface area contributed by atoms with Crippen LogP contribution in [-0.4, -0.2) is 31.5 Å². The van der Waals surface area contributed by atoms with Gasteiger partial charge in [-0.05, 0) is 52.0 Å². The first-order chi connectivity index (χ1) is 6.89. The van der Waals surface area contributed by atoms with E-state index in [9.17, 15) is 8.42 Å². The number of sulfone groups is 1. The minimum absolute atomic E-state index is 0.0433. The van der Waals surface area contributed by atoms with Crippen molar-refractivity contribution in [2.45, 2.75) is 50.3 Å². The van der Waals surface area contributed by atoms with E-state index < -0.39 is 9.84 Å². The molecule has 2 rings (SSSR count). The first-order valence-corrected chi connectivity index (χ1v) is 7.57. The van der Waals surface area contributed by atoms with Crippen LogP contribution >= 0.6 is 0 Å². The van der Waals surface area contributed by atoms with E-state index in [1.165, 1.54) is 0 Å². The molecule has 2 heterocycles. The molecule has 0 amide bonds. The molecule has 2 aliphatic heterocycles. The van der Waals surface area contributed by atoms with Crippen LogP contribution in [0.2, 0.25) is 0 Å². The molecule has 0 saturated carbocycles. The summed E-state index contributed by atoms with van der Waals surface area (Å²) in [7, 11) is -2.74.